The first kappa shape index (κ1) is 7.03. The minimum atomic E-state index is 0.267. The zero-order valence-corrected chi connectivity index (χ0v) is 5.84. The van der Waals surface area contributed by atoms with Gasteiger partial charge in [-0.2, -0.15) is 0 Å². The third kappa shape index (κ3) is 1.66. The van der Waals surface area contributed by atoms with Crippen LogP contribution in [0.15, 0.2) is 0 Å². The molecule has 0 aromatic heterocycles. The maximum Gasteiger partial charge on any atom is 0.0597 e. The zero-order chi connectivity index (χ0) is 6.69. The third-order valence-electron chi connectivity index (χ3n) is 2.00. The summed E-state index contributed by atoms with van der Waals surface area (Å²) in [5.41, 5.74) is 0. The van der Waals surface area contributed by atoms with Gasteiger partial charge in [-0.3, -0.25) is 0 Å². The van der Waals surface area contributed by atoms with Gasteiger partial charge in [0.1, 0.15) is 0 Å². The van der Waals surface area contributed by atoms with Crippen LogP contribution in [0.3, 0.4) is 0 Å². The summed E-state index contributed by atoms with van der Waals surface area (Å²) in [5, 5.41) is 8.78. The quantitative estimate of drug-likeness (QED) is 0.568. The Hall–Kier alpha value is -0.0800. The molecule has 0 saturated carbocycles. The van der Waals surface area contributed by atoms with Crippen molar-refractivity contribution in [2.45, 2.75) is 25.9 Å². The number of rotatable bonds is 1. The van der Waals surface area contributed by atoms with Gasteiger partial charge in [-0.15, -0.1) is 0 Å². The highest BCUT2D eigenvalue weighted by molar-refractivity contribution is 4.69. The van der Waals surface area contributed by atoms with Crippen LogP contribution in [0.5, 0.6) is 0 Å². The average molecular weight is 130 g/mol. The average Bonchev–Trinajstić information content (AvgIpc) is 1.89. The fourth-order valence-electron chi connectivity index (χ4n) is 1.23. The van der Waals surface area contributed by atoms with Crippen molar-refractivity contribution in [3.63, 3.8) is 0 Å². The molecular formula is C7H14O2. The summed E-state index contributed by atoms with van der Waals surface area (Å²) >= 11 is 0. The van der Waals surface area contributed by atoms with Crippen LogP contribution in [0.4, 0.5) is 0 Å². The molecule has 1 fully saturated rings. The SMILES string of the molecule is C[C@H]1OCCC[C@H]1CO. The predicted molar refractivity (Wildman–Crippen MR) is 35.2 cm³/mol. The molecule has 0 aromatic carbocycles. The van der Waals surface area contributed by atoms with E-state index in [0.29, 0.717) is 5.92 Å². The Morgan fingerprint density at radius 3 is 2.89 bits per heavy atom. The summed E-state index contributed by atoms with van der Waals surface area (Å²) in [5.74, 6) is 0.388. The van der Waals surface area contributed by atoms with Gasteiger partial charge in [0.2, 0.25) is 0 Å². The van der Waals surface area contributed by atoms with Gasteiger partial charge in [0.05, 0.1) is 6.10 Å². The van der Waals surface area contributed by atoms with E-state index in [1.807, 2.05) is 6.92 Å². The number of hydrogen-bond donors (Lipinski definition) is 1. The standard InChI is InChI=1S/C7H14O2/c1-6-7(5-8)3-2-4-9-6/h6-8H,2-5H2,1H3/t6-,7+/m1/s1. The molecule has 0 spiro atoms. The Labute approximate surface area is 55.8 Å². The predicted octanol–water partition coefficient (Wildman–Crippen LogP) is 0.794. The van der Waals surface area contributed by atoms with E-state index in [-0.39, 0.29) is 12.7 Å². The largest absolute Gasteiger partial charge is 0.396 e. The molecule has 1 N–H and O–H groups in total. The van der Waals surface area contributed by atoms with E-state index < -0.39 is 0 Å². The highest BCUT2D eigenvalue weighted by atomic mass is 16.5. The molecule has 1 aliphatic heterocycles. The lowest BCUT2D eigenvalue weighted by molar-refractivity contribution is -0.0324. The molecular weight excluding hydrogens is 116 g/mol. The van der Waals surface area contributed by atoms with Crippen molar-refractivity contribution in [2.24, 2.45) is 5.92 Å². The lowest BCUT2D eigenvalue weighted by Gasteiger charge is -2.27. The van der Waals surface area contributed by atoms with Gasteiger partial charge in [0.25, 0.3) is 0 Å². The van der Waals surface area contributed by atoms with E-state index in [1.54, 1.807) is 0 Å². The monoisotopic (exact) mass is 130 g/mol. The number of ether oxygens (including phenoxy) is 1. The molecule has 2 nitrogen and oxygen atoms in total. The maximum absolute atomic E-state index is 8.78. The van der Waals surface area contributed by atoms with Crippen LogP contribution in [0.25, 0.3) is 0 Å². The van der Waals surface area contributed by atoms with E-state index in [9.17, 15) is 0 Å². The lowest BCUT2D eigenvalue weighted by atomic mass is 9.97. The van der Waals surface area contributed by atoms with Crippen LogP contribution >= 0.6 is 0 Å². The Kier molecular flexibility index (Phi) is 2.49. The van der Waals surface area contributed by atoms with Crippen LogP contribution in [0, 0.1) is 5.92 Å². The summed E-state index contributed by atoms with van der Waals surface area (Å²) in [6.07, 6.45) is 2.50. The second-order valence-electron chi connectivity index (χ2n) is 2.66. The molecule has 54 valence electrons. The van der Waals surface area contributed by atoms with Gasteiger partial charge in [-0.05, 0) is 19.8 Å². The van der Waals surface area contributed by atoms with Crippen LogP contribution in [-0.4, -0.2) is 24.4 Å². The van der Waals surface area contributed by atoms with Crippen LogP contribution in [0.1, 0.15) is 19.8 Å². The minimum absolute atomic E-state index is 0.267. The highest BCUT2D eigenvalue weighted by Gasteiger charge is 2.20. The van der Waals surface area contributed by atoms with Crippen molar-refractivity contribution in [2.75, 3.05) is 13.2 Å². The first-order valence-corrected chi connectivity index (χ1v) is 3.57. The van der Waals surface area contributed by atoms with E-state index in [2.05, 4.69) is 0 Å². The molecule has 2 atom stereocenters. The van der Waals surface area contributed by atoms with E-state index in [4.69, 9.17) is 9.84 Å². The first-order chi connectivity index (χ1) is 4.34. The van der Waals surface area contributed by atoms with Crippen molar-refractivity contribution in [3.8, 4) is 0 Å². The summed E-state index contributed by atoms with van der Waals surface area (Å²) in [4.78, 5) is 0. The molecule has 1 rings (SSSR count). The normalized spacial score (nSPS) is 36.7. The topological polar surface area (TPSA) is 29.5 Å². The Balaban J connectivity index is 2.30. The molecule has 0 radical (unpaired) electrons. The van der Waals surface area contributed by atoms with Crippen LogP contribution < -0.4 is 0 Å². The molecule has 1 saturated heterocycles. The van der Waals surface area contributed by atoms with Gasteiger partial charge in [-0.1, -0.05) is 0 Å². The van der Waals surface area contributed by atoms with E-state index in [1.165, 1.54) is 0 Å². The number of aliphatic hydroxyl groups excluding tert-OH is 1. The summed E-state index contributed by atoms with van der Waals surface area (Å²) < 4.78 is 5.32. The van der Waals surface area contributed by atoms with E-state index >= 15 is 0 Å². The van der Waals surface area contributed by atoms with Crippen LogP contribution in [-0.2, 0) is 4.74 Å². The summed E-state index contributed by atoms with van der Waals surface area (Å²) in [7, 11) is 0. The van der Waals surface area contributed by atoms with Gasteiger partial charge < -0.3 is 9.84 Å². The van der Waals surface area contributed by atoms with Crippen molar-refractivity contribution < 1.29 is 9.84 Å². The summed E-state index contributed by atoms with van der Waals surface area (Å²) in [6, 6.07) is 0. The second kappa shape index (κ2) is 3.18. The summed E-state index contributed by atoms with van der Waals surface area (Å²) in [6.45, 7) is 3.18. The molecule has 1 heterocycles. The Bertz CT molecular complexity index is 83.0. The fraction of sp³-hybridized carbons (Fsp3) is 1.00. The molecule has 2 heteroatoms. The minimum Gasteiger partial charge on any atom is -0.396 e. The van der Waals surface area contributed by atoms with Gasteiger partial charge in [0, 0.05) is 19.1 Å². The van der Waals surface area contributed by atoms with Crippen LogP contribution in [0.2, 0.25) is 0 Å². The second-order valence-corrected chi connectivity index (χ2v) is 2.66. The van der Waals surface area contributed by atoms with E-state index in [0.717, 1.165) is 19.4 Å². The highest BCUT2D eigenvalue weighted by Crippen LogP contribution is 2.18. The number of hydrogen-bond acceptors (Lipinski definition) is 2. The maximum atomic E-state index is 8.78. The smallest absolute Gasteiger partial charge is 0.0597 e. The molecule has 1 aliphatic rings. The zero-order valence-electron chi connectivity index (χ0n) is 5.84. The number of aliphatic hydroxyl groups is 1. The Morgan fingerprint density at radius 1 is 1.67 bits per heavy atom. The molecule has 0 aliphatic carbocycles. The molecule has 0 aromatic rings. The van der Waals surface area contributed by atoms with Gasteiger partial charge in [0.15, 0.2) is 0 Å². The van der Waals surface area contributed by atoms with Crippen molar-refractivity contribution in [1.29, 1.82) is 0 Å². The first-order valence-electron chi connectivity index (χ1n) is 3.57. The fourth-order valence-corrected chi connectivity index (χ4v) is 1.23. The molecule has 9 heavy (non-hydrogen) atoms. The van der Waals surface area contributed by atoms with Crippen molar-refractivity contribution >= 4 is 0 Å². The van der Waals surface area contributed by atoms with Gasteiger partial charge >= 0.3 is 0 Å². The van der Waals surface area contributed by atoms with Gasteiger partial charge in [-0.25, -0.2) is 0 Å². The van der Waals surface area contributed by atoms with Crippen molar-refractivity contribution in [1.82, 2.24) is 0 Å². The lowest BCUT2D eigenvalue weighted by Crippen LogP contribution is -2.29. The molecule has 0 unspecified atom stereocenters. The Morgan fingerprint density at radius 2 is 2.44 bits per heavy atom. The van der Waals surface area contributed by atoms with Crippen molar-refractivity contribution in [3.05, 3.63) is 0 Å². The third-order valence-corrected chi connectivity index (χ3v) is 2.00. The molecule has 0 bridgehead atoms. The molecule has 0 amide bonds.